The summed E-state index contributed by atoms with van der Waals surface area (Å²) in [5.41, 5.74) is 2.06. The van der Waals surface area contributed by atoms with Crippen molar-refractivity contribution in [1.82, 2.24) is 5.32 Å². The predicted molar refractivity (Wildman–Crippen MR) is 72.7 cm³/mol. The van der Waals surface area contributed by atoms with E-state index in [1.807, 2.05) is 41.8 Å². The van der Waals surface area contributed by atoms with E-state index in [-0.39, 0.29) is 12.5 Å². The lowest BCUT2D eigenvalue weighted by atomic mass is 10.1. The van der Waals surface area contributed by atoms with E-state index in [0.29, 0.717) is 6.54 Å². The number of aliphatic hydroxyl groups is 1. The summed E-state index contributed by atoms with van der Waals surface area (Å²) in [6.07, 6.45) is 0.794. The minimum Gasteiger partial charge on any atom is -0.392 e. The van der Waals surface area contributed by atoms with Crippen molar-refractivity contribution in [1.29, 1.82) is 0 Å². The number of benzene rings is 1. The molecule has 94 valence electrons. The Bertz CT molecular complexity index is 491. The average molecular weight is 261 g/mol. The molecule has 18 heavy (non-hydrogen) atoms. The Morgan fingerprint density at radius 3 is 2.50 bits per heavy atom. The molecule has 0 aliphatic heterocycles. The molecule has 0 fully saturated rings. The van der Waals surface area contributed by atoms with Gasteiger partial charge >= 0.3 is 0 Å². The first kappa shape index (κ1) is 12.8. The molecule has 0 bridgehead atoms. The number of rotatable bonds is 5. The topological polar surface area (TPSA) is 49.3 Å². The highest BCUT2D eigenvalue weighted by atomic mass is 32.1. The van der Waals surface area contributed by atoms with Gasteiger partial charge in [-0.1, -0.05) is 30.3 Å². The molecule has 0 atom stereocenters. The monoisotopic (exact) mass is 261 g/mol. The van der Waals surface area contributed by atoms with Gasteiger partial charge in [-0.2, -0.15) is 0 Å². The van der Waals surface area contributed by atoms with Gasteiger partial charge in [-0.15, -0.1) is 11.3 Å². The second kappa shape index (κ2) is 6.33. The molecule has 1 amide bonds. The smallest absolute Gasteiger partial charge is 0.261 e. The first-order valence-electron chi connectivity index (χ1n) is 5.80. The van der Waals surface area contributed by atoms with Crippen molar-refractivity contribution in [3.63, 3.8) is 0 Å². The number of hydrogen-bond acceptors (Lipinski definition) is 3. The molecule has 0 aliphatic rings. The largest absolute Gasteiger partial charge is 0.392 e. The van der Waals surface area contributed by atoms with Gasteiger partial charge in [-0.3, -0.25) is 4.79 Å². The molecule has 0 saturated carbocycles. The van der Waals surface area contributed by atoms with Crippen LogP contribution < -0.4 is 5.32 Å². The van der Waals surface area contributed by atoms with E-state index in [4.69, 9.17) is 5.11 Å². The Hall–Kier alpha value is -1.65. The van der Waals surface area contributed by atoms with Crippen LogP contribution in [0, 0.1) is 0 Å². The standard InChI is InChI=1S/C14H15NO2S/c16-10-12-5-3-11(4-6-12)7-8-15-14(17)13-2-1-9-18-13/h1-6,9,16H,7-8,10H2,(H,15,17). The van der Waals surface area contributed by atoms with Gasteiger partial charge in [0, 0.05) is 6.54 Å². The fraction of sp³-hybridized carbons (Fsp3) is 0.214. The summed E-state index contributed by atoms with van der Waals surface area (Å²) in [5, 5.41) is 13.7. The third-order valence-corrected chi connectivity index (χ3v) is 3.52. The fourth-order valence-corrected chi connectivity index (χ4v) is 2.27. The van der Waals surface area contributed by atoms with Crippen LogP contribution in [0.15, 0.2) is 41.8 Å². The quantitative estimate of drug-likeness (QED) is 0.867. The zero-order chi connectivity index (χ0) is 12.8. The number of aliphatic hydroxyl groups excluding tert-OH is 1. The van der Waals surface area contributed by atoms with Crippen molar-refractivity contribution in [2.45, 2.75) is 13.0 Å². The third kappa shape index (κ3) is 3.42. The Labute approximate surface area is 110 Å². The van der Waals surface area contributed by atoms with Gasteiger partial charge in [-0.05, 0) is 29.0 Å². The maximum Gasteiger partial charge on any atom is 0.261 e. The molecular weight excluding hydrogens is 246 g/mol. The zero-order valence-electron chi connectivity index (χ0n) is 9.93. The lowest BCUT2D eigenvalue weighted by Gasteiger charge is -2.04. The summed E-state index contributed by atoms with van der Waals surface area (Å²) >= 11 is 1.44. The SMILES string of the molecule is O=C(NCCc1ccc(CO)cc1)c1cccs1. The van der Waals surface area contributed by atoms with E-state index < -0.39 is 0 Å². The lowest BCUT2D eigenvalue weighted by molar-refractivity contribution is 0.0958. The van der Waals surface area contributed by atoms with Crippen LogP contribution in [-0.2, 0) is 13.0 Å². The number of nitrogens with one attached hydrogen (secondary N) is 1. The highest BCUT2D eigenvalue weighted by Gasteiger charge is 2.04. The summed E-state index contributed by atoms with van der Waals surface area (Å²) in [6, 6.07) is 11.4. The van der Waals surface area contributed by atoms with Crippen LogP contribution in [0.4, 0.5) is 0 Å². The maximum atomic E-state index is 11.7. The summed E-state index contributed by atoms with van der Waals surface area (Å²) < 4.78 is 0. The van der Waals surface area contributed by atoms with Crippen LogP contribution >= 0.6 is 11.3 Å². The summed E-state index contributed by atoms with van der Waals surface area (Å²) in [4.78, 5) is 12.4. The van der Waals surface area contributed by atoms with Gasteiger partial charge in [-0.25, -0.2) is 0 Å². The molecule has 0 saturated heterocycles. The van der Waals surface area contributed by atoms with Gasteiger partial charge < -0.3 is 10.4 Å². The second-order valence-corrected chi connectivity index (χ2v) is 4.91. The normalized spacial score (nSPS) is 10.3. The van der Waals surface area contributed by atoms with Crippen molar-refractivity contribution in [3.05, 3.63) is 57.8 Å². The highest BCUT2D eigenvalue weighted by molar-refractivity contribution is 7.12. The third-order valence-electron chi connectivity index (χ3n) is 2.65. The number of thiophene rings is 1. The molecule has 0 spiro atoms. The van der Waals surface area contributed by atoms with Gasteiger partial charge in [0.1, 0.15) is 0 Å². The Balaban J connectivity index is 1.79. The molecule has 2 aromatic rings. The van der Waals surface area contributed by atoms with Crippen LogP contribution in [0.5, 0.6) is 0 Å². The number of amides is 1. The first-order chi connectivity index (χ1) is 8.79. The van der Waals surface area contributed by atoms with E-state index in [1.165, 1.54) is 11.3 Å². The van der Waals surface area contributed by atoms with Gasteiger partial charge in [0.15, 0.2) is 0 Å². The van der Waals surface area contributed by atoms with Crippen molar-refractivity contribution in [2.24, 2.45) is 0 Å². The number of hydrogen-bond donors (Lipinski definition) is 2. The van der Waals surface area contributed by atoms with Crippen LogP contribution in [-0.4, -0.2) is 17.6 Å². The van der Waals surface area contributed by atoms with Crippen LogP contribution in [0.2, 0.25) is 0 Å². The summed E-state index contributed by atoms with van der Waals surface area (Å²) in [6.45, 7) is 0.685. The van der Waals surface area contributed by atoms with Crippen molar-refractivity contribution >= 4 is 17.2 Å². The van der Waals surface area contributed by atoms with E-state index in [9.17, 15) is 4.79 Å². The lowest BCUT2D eigenvalue weighted by Crippen LogP contribution is -2.24. The first-order valence-corrected chi connectivity index (χ1v) is 6.68. The summed E-state index contributed by atoms with van der Waals surface area (Å²) in [7, 11) is 0. The van der Waals surface area contributed by atoms with Crippen molar-refractivity contribution < 1.29 is 9.90 Å². The average Bonchev–Trinajstić information content (AvgIpc) is 2.93. The number of carbonyl (C=O) groups is 1. The Morgan fingerprint density at radius 1 is 1.17 bits per heavy atom. The molecule has 0 unspecified atom stereocenters. The Morgan fingerprint density at radius 2 is 1.89 bits per heavy atom. The molecule has 0 aliphatic carbocycles. The summed E-state index contributed by atoms with van der Waals surface area (Å²) in [5.74, 6) is -0.0167. The van der Waals surface area contributed by atoms with E-state index in [2.05, 4.69) is 5.32 Å². The van der Waals surface area contributed by atoms with E-state index in [0.717, 1.165) is 22.4 Å². The molecule has 1 heterocycles. The van der Waals surface area contributed by atoms with Gasteiger partial charge in [0.25, 0.3) is 5.91 Å². The molecule has 2 N–H and O–H groups in total. The van der Waals surface area contributed by atoms with Gasteiger partial charge in [0.05, 0.1) is 11.5 Å². The fourth-order valence-electron chi connectivity index (χ4n) is 1.63. The molecule has 1 aromatic heterocycles. The van der Waals surface area contributed by atoms with Gasteiger partial charge in [0.2, 0.25) is 0 Å². The van der Waals surface area contributed by atoms with Crippen LogP contribution in [0.25, 0.3) is 0 Å². The van der Waals surface area contributed by atoms with Crippen LogP contribution in [0.3, 0.4) is 0 Å². The van der Waals surface area contributed by atoms with Crippen molar-refractivity contribution in [2.75, 3.05) is 6.54 Å². The number of carbonyl (C=O) groups excluding carboxylic acids is 1. The molecule has 3 nitrogen and oxygen atoms in total. The molecule has 1 aromatic carbocycles. The van der Waals surface area contributed by atoms with Crippen molar-refractivity contribution in [3.8, 4) is 0 Å². The maximum absolute atomic E-state index is 11.7. The zero-order valence-corrected chi connectivity index (χ0v) is 10.7. The highest BCUT2D eigenvalue weighted by Crippen LogP contribution is 2.08. The Kier molecular flexibility index (Phi) is 4.50. The molecule has 2 rings (SSSR count). The minimum atomic E-state index is -0.0167. The van der Waals surface area contributed by atoms with E-state index in [1.54, 1.807) is 0 Å². The molecule has 0 radical (unpaired) electrons. The van der Waals surface area contributed by atoms with Crippen LogP contribution in [0.1, 0.15) is 20.8 Å². The minimum absolute atomic E-state index is 0.0167. The predicted octanol–water partition coefficient (Wildman–Crippen LogP) is 2.21. The molecular formula is C14H15NO2S. The second-order valence-electron chi connectivity index (χ2n) is 3.96. The molecule has 4 heteroatoms. The van der Waals surface area contributed by atoms with E-state index >= 15 is 0 Å².